The quantitative estimate of drug-likeness (QED) is 0.839. The second kappa shape index (κ2) is 6.56. The number of rotatable bonds is 5. The van der Waals surface area contributed by atoms with Crippen molar-refractivity contribution in [2.24, 2.45) is 0 Å². The van der Waals surface area contributed by atoms with E-state index in [9.17, 15) is 8.42 Å². The number of sulfonamides is 1. The lowest BCUT2D eigenvalue weighted by Crippen LogP contribution is -2.89. The SMILES string of the molecule is CCN(CC)S(=O)(=O)c1ccc(N2CC[NH2+]CC2)cc1. The maximum Gasteiger partial charge on any atom is 0.243 e. The van der Waals surface area contributed by atoms with Gasteiger partial charge in [-0.15, -0.1) is 0 Å². The summed E-state index contributed by atoms with van der Waals surface area (Å²) in [6.45, 7) is 8.95. The molecule has 6 heteroatoms. The number of anilines is 1. The van der Waals surface area contributed by atoms with Crippen molar-refractivity contribution in [3.8, 4) is 0 Å². The second-order valence-electron chi connectivity index (χ2n) is 4.94. The van der Waals surface area contributed by atoms with E-state index in [2.05, 4.69) is 10.2 Å². The van der Waals surface area contributed by atoms with Gasteiger partial charge in [0.1, 0.15) is 0 Å². The summed E-state index contributed by atoms with van der Waals surface area (Å²) in [7, 11) is -3.34. The third kappa shape index (κ3) is 3.13. The fourth-order valence-corrected chi connectivity index (χ4v) is 4.01. The second-order valence-corrected chi connectivity index (χ2v) is 6.87. The molecule has 1 saturated heterocycles. The van der Waals surface area contributed by atoms with Crippen molar-refractivity contribution in [1.29, 1.82) is 0 Å². The van der Waals surface area contributed by atoms with Crippen LogP contribution in [-0.4, -0.2) is 52.0 Å². The highest BCUT2D eigenvalue weighted by Crippen LogP contribution is 2.20. The van der Waals surface area contributed by atoms with E-state index in [1.54, 1.807) is 12.1 Å². The summed E-state index contributed by atoms with van der Waals surface area (Å²) in [6.07, 6.45) is 0. The molecule has 0 spiro atoms. The largest absolute Gasteiger partial charge is 0.360 e. The van der Waals surface area contributed by atoms with E-state index in [-0.39, 0.29) is 0 Å². The van der Waals surface area contributed by atoms with Crippen molar-refractivity contribution < 1.29 is 13.7 Å². The molecule has 0 aromatic heterocycles. The average molecular weight is 298 g/mol. The molecule has 2 N–H and O–H groups in total. The zero-order valence-corrected chi connectivity index (χ0v) is 13.1. The van der Waals surface area contributed by atoms with Gasteiger partial charge in [0.15, 0.2) is 0 Å². The van der Waals surface area contributed by atoms with Crippen molar-refractivity contribution in [3.05, 3.63) is 24.3 Å². The Morgan fingerprint density at radius 1 is 1.10 bits per heavy atom. The van der Waals surface area contributed by atoms with Crippen molar-refractivity contribution >= 4 is 15.7 Å². The molecule has 112 valence electrons. The van der Waals surface area contributed by atoms with E-state index in [0.29, 0.717) is 18.0 Å². The summed E-state index contributed by atoms with van der Waals surface area (Å²) in [5.41, 5.74) is 1.11. The monoisotopic (exact) mass is 298 g/mol. The van der Waals surface area contributed by atoms with Crippen LogP contribution in [0.25, 0.3) is 0 Å². The molecule has 1 aromatic carbocycles. The number of nitrogens with zero attached hydrogens (tertiary/aromatic N) is 2. The van der Waals surface area contributed by atoms with Crippen LogP contribution in [0.1, 0.15) is 13.8 Å². The molecular formula is C14H24N3O2S+. The minimum atomic E-state index is -3.34. The summed E-state index contributed by atoms with van der Waals surface area (Å²) in [6, 6.07) is 7.28. The fraction of sp³-hybridized carbons (Fsp3) is 0.571. The lowest BCUT2D eigenvalue weighted by Gasteiger charge is -2.27. The van der Waals surface area contributed by atoms with Crippen molar-refractivity contribution in [3.63, 3.8) is 0 Å². The number of hydrogen-bond acceptors (Lipinski definition) is 3. The Balaban J connectivity index is 2.19. The van der Waals surface area contributed by atoms with Crippen LogP contribution in [-0.2, 0) is 10.0 Å². The van der Waals surface area contributed by atoms with Gasteiger partial charge in [0.2, 0.25) is 10.0 Å². The first-order valence-electron chi connectivity index (χ1n) is 7.26. The van der Waals surface area contributed by atoms with Crippen LogP contribution < -0.4 is 10.2 Å². The standard InChI is InChI=1S/C14H23N3O2S/c1-3-17(4-2)20(18,19)14-7-5-13(6-8-14)16-11-9-15-10-12-16/h5-8,15H,3-4,9-12H2,1-2H3/p+1. The molecule has 0 aliphatic carbocycles. The van der Waals surface area contributed by atoms with E-state index in [4.69, 9.17) is 0 Å². The smallest absolute Gasteiger partial charge is 0.243 e. The zero-order valence-electron chi connectivity index (χ0n) is 12.2. The normalized spacial score (nSPS) is 16.6. The van der Waals surface area contributed by atoms with Gasteiger partial charge in [-0.3, -0.25) is 0 Å². The molecule has 1 aliphatic rings. The van der Waals surface area contributed by atoms with Crippen LogP contribution >= 0.6 is 0 Å². The molecule has 2 rings (SSSR count). The van der Waals surface area contributed by atoms with Gasteiger partial charge in [0, 0.05) is 18.8 Å². The lowest BCUT2D eigenvalue weighted by atomic mass is 10.2. The fourth-order valence-electron chi connectivity index (χ4n) is 2.55. The molecule has 1 aromatic rings. The predicted octanol–water partition coefficient (Wildman–Crippen LogP) is 0.101. The van der Waals surface area contributed by atoms with Gasteiger partial charge >= 0.3 is 0 Å². The van der Waals surface area contributed by atoms with Gasteiger partial charge in [0.05, 0.1) is 31.1 Å². The highest BCUT2D eigenvalue weighted by Gasteiger charge is 2.21. The summed E-state index contributed by atoms with van der Waals surface area (Å²) >= 11 is 0. The highest BCUT2D eigenvalue weighted by molar-refractivity contribution is 7.89. The maximum atomic E-state index is 12.4. The molecule has 1 fully saturated rings. The van der Waals surface area contributed by atoms with E-state index in [1.165, 1.54) is 4.31 Å². The minimum Gasteiger partial charge on any atom is -0.360 e. The Morgan fingerprint density at radius 2 is 1.65 bits per heavy atom. The predicted molar refractivity (Wildman–Crippen MR) is 80.4 cm³/mol. The third-order valence-electron chi connectivity index (χ3n) is 3.75. The molecule has 1 heterocycles. The van der Waals surface area contributed by atoms with Gasteiger partial charge in [-0.05, 0) is 24.3 Å². The van der Waals surface area contributed by atoms with Gasteiger partial charge in [-0.25, -0.2) is 8.42 Å². The molecular weight excluding hydrogens is 274 g/mol. The highest BCUT2D eigenvalue weighted by atomic mass is 32.2. The van der Waals surface area contributed by atoms with Crippen LogP contribution in [0.2, 0.25) is 0 Å². The van der Waals surface area contributed by atoms with Crippen molar-refractivity contribution in [1.82, 2.24) is 4.31 Å². The Morgan fingerprint density at radius 3 is 2.15 bits per heavy atom. The minimum absolute atomic E-state index is 0.383. The molecule has 0 radical (unpaired) electrons. The van der Waals surface area contributed by atoms with Crippen LogP contribution in [0.3, 0.4) is 0 Å². The number of benzene rings is 1. The molecule has 1 aliphatic heterocycles. The van der Waals surface area contributed by atoms with Gasteiger partial charge in [-0.2, -0.15) is 4.31 Å². The van der Waals surface area contributed by atoms with Gasteiger partial charge in [-0.1, -0.05) is 13.8 Å². The molecule has 0 atom stereocenters. The van der Waals surface area contributed by atoms with E-state index in [0.717, 1.165) is 31.9 Å². The topological polar surface area (TPSA) is 57.2 Å². The summed E-state index contributed by atoms with van der Waals surface area (Å²) < 4.78 is 26.3. The van der Waals surface area contributed by atoms with Crippen LogP contribution in [0, 0.1) is 0 Å². The third-order valence-corrected chi connectivity index (χ3v) is 5.82. The first-order valence-corrected chi connectivity index (χ1v) is 8.70. The first-order chi connectivity index (χ1) is 9.59. The van der Waals surface area contributed by atoms with E-state index < -0.39 is 10.0 Å². The summed E-state index contributed by atoms with van der Waals surface area (Å²) in [5.74, 6) is 0. The average Bonchev–Trinajstić information content (AvgIpc) is 2.49. The molecule has 0 saturated carbocycles. The number of nitrogens with two attached hydrogens (primary N) is 1. The Hall–Kier alpha value is -1.11. The number of quaternary nitrogens is 1. The molecule has 0 amide bonds. The van der Waals surface area contributed by atoms with Crippen LogP contribution in [0.5, 0.6) is 0 Å². The van der Waals surface area contributed by atoms with Crippen LogP contribution in [0.15, 0.2) is 29.2 Å². The maximum absolute atomic E-state index is 12.4. The number of hydrogen-bond donors (Lipinski definition) is 1. The Bertz CT molecular complexity index is 518. The van der Waals surface area contributed by atoms with E-state index in [1.807, 2.05) is 26.0 Å². The lowest BCUT2D eigenvalue weighted by molar-refractivity contribution is -0.655. The number of piperazine rings is 1. The molecule has 5 nitrogen and oxygen atoms in total. The van der Waals surface area contributed by atoms with Gasteiger partial charge in [0.25, 0.3) is 0 Å². The first kappa shape index (κ1) is 15.3. The molecule has 20 heavy (non-hydrogen) atoms. The summed E-state index contributed by atoms with van der Waals surface area (Å²) in [4.78, 5) is 2.68. The molecule has 0 bridgehead atoms. The zero-order chi connectivity index (χ0) is 14.6. The Labute approximate surface area is 121 Å². The molecule has 0 unspecified atom stereocenters. The van der Waals surface area contributed by atoms with Crippen LogP contribution in [0.4, 0.5) is 5.69 Å². The van der Waals surface area contributed by atoms with Gasteiger partial charge < -0.3 is 10.2 Å². The summed E-state index contributed by atoms with van der Waals surface area (Å²) in [5, 5.41) is 2.30. The van der Waals surface area contributed by atoms with Crippen molar-refractivity contribution in [2.45, 2.75) is 18.7 Å². The van der Waals surface area contributed by atoms with E-state index >= 15 is 0 Å². The van der Waals surface area contributed by atoms with Crippen molar-refractivity contribution in [2.75, 3.05) is 44.2 Å². The Kier molecular flexibility index (Phi) is 5.01.